The predicted octanol–water partition coefficient (Wildman–Crippen LogP) is -0.573. The molecule has 3 heterocycles. The van der Waals surface area contributed by atoms with Crippen LogP contribution in [0, 0.1) is 5.92 Å². The molecule has 0 N–H and O–H groups in total. The van der Waals surface area contributed by atoms with Gasteiger partial charge in [-0.2, -0.15) is 4.31 Å². The van der Waals surface area contributed by atoms with Gasteiger partial charge in [0.25, 0.3) is 0 Å². The Morgan fingerprint density at radius 2 is 1.82 bits per heavy atom. The molecule has 124 valence electrons. The third-order valence-corrected chi connectivity index (χ3v) is 7.40. The molecule has 0 spiro atoms. The Kier molecular flexibility index (Phi) is 3.67. The Bertz CT molecular complexity index is 556. The van der Waals surface area contributed by atoms with Gasteiger partial charge in [0.05, 0.1) is 36.6 Å². The van der Waals surface area contributed by atoms with Crippen LogP contribution < -0.4 is 0 Å². The predicted molar refractivity (Wildman–Crippen MR) is 77.7 cm³/mol. The maximum absolute atomic E-state index is 12.7. The van der Waals surface area contributed by atoms with Crippen molar-refractivity contribution in [3.8, 4) is 0 Å². The average Bonchev–Trinajstić information content (AvgIpc) is 3.34. The lowest BCUT2D eigenvalue weighted by molar-refractivity contribution is -0.142. The Balaban J connectivity index is 1.46. The average molecular weight is 330 g/mol. The SMILES string of the molecule is O=C([C@@H]1C[C@H]2CN(S(=O)(=O)C3CC3)C[C@@H]1O2)N1CCOCC1. The molecule has 4 aliphatic rings. The van der Waals surface area contributed by atoms with Gasteiger partial charge < -0.3 is 14.4 Å². The van der Waals surface area contributed by atoms with Crippen molar-refractivity contribution >= 4 is 15.9 Å². The molecule has 3 aliphatic heterocycles. The zero-order valence-corrected chi connectivity index (χ0v) is 13.3. The molecule has 7 nitrogen and oxygen atoms in total. The highest BCUT2D eigenvalue weighted by atomic mass is 32.2. The molecule has 22 heavy (non-hydrogen) atoms. The Labute approximate surface area is 130 Å². The van der Waals surface area contributed by atoms with E-state index in [1.54, 1.807) is 4.31 Å². The second-order valence-corrected chi connectivity index (χ2v) is 8.85. The van der Waals surface area contributed by atoms with E-state index in [2.05, 4.69) is 0 Å². The van der Waals surface area contributed by atoms with Gasteiger partial charge in [0.2, 0.25) is 15.9 Å². The first-order valence-corrected chi connectivity index (χ1v) is 9.57. The van der Waals surface area contributed by atoms with Crippen LogP contribution in [0.4, 0.5) is 0 Å². The van der Waals surface area contributed by atoms with E-state index in [4.69, 9.17) is 9.47 Å². The molecule has 0 aromatic heterocycles. The van der Waals surface area contributed by atoms with Crippen molar-refractivity contribution in [2.24, 2.45) is 5.92 Å². The Morgan fingerprint density at radius 1 is 1.09 bits per heavy atom. The molecule has 0 aromatic rings. The Morgan fingerprint density at radius 3 is 2.50 bits per heavy atom. The minimum absolute atomic E-state index is 0.0986. The van der Waals surface area contributed by atoms with Crippen LogP contribution in [0.25, 0.3) is 0 Å². The summed E-state index contributed by atoms with van der Waals surface area (Å²) in [4.78, 5) is 14.5. The maximum Gasteiger partial charge on any atom is 0.228 e. The van der Waals surface area contributed by atoms with E-state index in [0.29, 0.717) is 45.8 Å². The van der Waals surface area contributed by atoms with Crippen molar-refractivity contribution in [2.75, 3.05) is 39.4 Å². The van der Waals surface area contributed by atoms with Gasteiger partial charge in [0.1, 0.15) is 0 Å². The molecule has 1 amide bonds. The van der Waals surface area contributed by atoms with Gasteiger partial charge >= 0.3 is 0 Å². The van der Waals surface area contributed by atoms with E-state index >= 15 is 0 Å². The maximum atomic E-state index is 12.7. The van der Waals surface area contributed by atoms with Gasteiger partial charge in [-0.25, -0.2) is 8.42 Å². The lowest BCUT2D eigenvalue weighted by atomic mass is 9.98. The van der Waals surface area contributed by atoms with Crippen LogP contribution in [0.15, 0.2) is 0 Å². The van der Waals surface area contributed by atoms with Crippen LogP contribution in [0.1, 0.15) is 19.3 Å². The van der Waals surface area contributed by atoms with Crippen molar-refractivity contribution < 1.29 is 22.7 Å². The van der Waals surface area contributed by atoms with Crippen LogP contribution in [0.2, 0.25) is 0 Å². The second-order valence-electron chi connectivity index (χ2n) is 6.64. The summed E-state index contributed by atoms with van der Waals surface area (Å²) in [7, 11) is -3.18. The van der Waals surface area contributed by atoms with Gasteiger partial charge in [-0.1, -0.05) is 0 Å². The molecular weight excluding hydrogens is 308 g/mol. The van der Waals surface area contributed by atoms with E-state index in [-0.39, 0.29) is 29.3 Å². The van der Waals surface area contributed by atoms with Gasteiger partial charge in [-0.15, -0.1) is 0 Å². The summed E-state index contributed by atoms with van der Waals surface area (Å²) in [5.41, 5.74) is 0. The Hall–Kier alpha value is -0.700. The number of sulfonamides is 1. The first-order chi connectivity index (χ1) is 10.6. The third kappa shape index (κ3) is 2.55. The summed E-state index contributed by atoms with van der Waals surface area (Å²) in [5, 5.41) is -0.196. The number of carbonyl (C=O) groups is 1. The van der Waals surface area contributed by atoms with Crippen LogP contribution in [0.3, 0.4) is 0 Å². The van der Waals surface area contributed by atoms with Crippen molar-refractivity contribution in [3.63, 3.8) is 0 Å². The monoisotopic (exact) mass is 330 g/mol. The highest BCUT2D eigenvalue weighted by molar-refractivity contribution is 7.90. The molecule has 4 fully saturated rings. The second kappa shape index (κ2) is 5.43. The summed E-state index contributed by atoms with van der Waals surface area (Å²) >= 11 is 0. The van der Waals surface area contributed by atoms with E-state index < -0.39 is 10.0 Å². The number of amides is 1. The van der Waals surface area contributed by atoms with Crippen LogP contribution in [-0.2, 0) is 24.3 Å². The number of fused-ring (bicyclic) bond motifs is 2. The van der Waals surface area contributed by atoms with Crippen molar-refractivity contribution in [2.45, 2.75) is 36.7 Å². The lowest BCUT2D eigenvalue weighted by Crippen LogP contribution is -2.50. The number of rotatable bonds is 3. The minimum Gasteiger partial charge on any atom is -0.378 e. The van der Waals surface area contributed by atoms with Crippen LogP contribution >= 0.6 is 0 Å². The molecule has 3 saturated heterocycles. The highest BCUT2D eigenvalue weighted by Gasteiger charge is 2.50. The fraction of sp³-hybridized carbons (Fsp3) is 0.929. The van der Waals surface area contributed by atoms with Gasteiger partial charge in [-0.05, 0) is 19.3 Å². The first kappa shape index (κ1) is 14.9. The highest BCUT2D eigenvalue weighted by Crippen LogP contribution is 2.38. The van der Waals surface area contributed by atoms with Crippen molar-refractivity contribution in [1.82, 2.24) is 9.21 Å². The standard InChI is InChI=1S/C14H22N2O5S/c17-14(15-3-5-20-6-4-15)12-7-10-8-16(9-13(12)21-10)22(18,19)11-1-2-11/h10-13H,1-9H2/t10-,12+,13-/m0/s1. The molecule has 3 atom stereocenters. The molecule has 2 bridgehead atoms. The van der Waals surface area contributed by atoms with Crippen LogP contribution in [-0.4, -0.2) is 80.4 Å². The fourth-order valence-electron chi connectivity index (χ4n) is 3.69. The first-order valence-electron chi connectivity index (χ1n) is 8.06. The molecule has 0 radical (unpaired) electrons. The third-order valence-electron chi connectivity index (χ3n) is 5.07. The van der Waals surface area contributed by atoms with Crippen molar-refractivity contribution in [1.29, 1.82) is 0 Å². The number of hydrogen-bond acceptors (Lipinski definition) is 5. The minimum atomic E-state index is -3.18. The number of nitrogens with zero attached hydrogens (tertiary/aromatic N) is 2. The molecule has 8 heteroatoms. The quantitative estimate of drug-likeness (QED) is 0.692. The number of ether oxygens (including phenoxy) is 2. The van der Waals surface area contributed by atoms with Gasteiger partial charge in [0.15, 0.2) is 0 Å². The molecule has 1 saturated carbocycles. The number of carbonyl (C=O) groups excluding carboxylic acids is 1. The molecule has 4 rings (SSSR count). The zero-order valence-electron chi connectivity index (χ0n) is 12.5. The largest absolute Gasteiger partial charge is 0.378 e. The lowest BCUT2D eigenvalue weighted by Gasteiger charge is -2.33. The fourth-order valence-corrected chi connectivity index (χ4v) is 5.57. The van der Waals surface area contributed by atoms with Gasteiger partial charge in [0, 0.05) is 26.2 Å². The van der Waals surface area contributed by atoms with Gasteiger partial charge in [-0.3, -0.25) is 4.79 Å². The molecule has 0 unspecified atom stereocenters. The zero-order chi connectivity index (χ0) is 15.3. The topological polar surface area (TPSA) is 76.2 Å². The molecule has 0 aromatic carbocycles. The summed E-state index contributed by atoms with van der Waals surface area (Å²) in [6, 6.07) is 0. The summed E-state index contributed by atoms with van der Waals surface area (Å²) in [6.07, 6.45) is 1.75. The summed E-state index contributed by atoms with van der Waals surface area (Å²) < 4.78 is 37.5. The smallest absolute Gasteiger partial charge is 0.228 e. The summed E-state index contributed by atoms with van der Waals surface area (Å²) in [5.74, 6) is -0.107. The van der Waals surface area contributed by atoms with E-state index in [1.165, 1.54) is 0 Å². The molecule has 1 aliphatic carbocycles. The normalized spacial score (nSPS) is 36.5. The number of morpholine rings is 2. The van der Waals surface area contributed by atoms with Crippen LogP contribution in [0.5, 0.6) is 0 Å². The summed E-state index contributed by atoms with van der Waals surface area (Å²) in [6.45, 7) is 3.14. The molecular formula is C14H22N2O5S. The number of hydrogen-bond donors (Lipinski definition) is 0. The van der Waals surface area contributed by atoms with Crippen molar-refractivity contribution in [3.05, 3.63) is 0 Å². The van der Waals surface area contributed by atoms with E-state index in [1.807, 2.05) is 4.90 Å². The van der Waals surface area contributed by atoms with E-state index in [9.17, 15) is 13.2 Å². The van der Waals surface area contributed by atoms with E-state index in [0.717, 1.165) is 12.8 Å².